The van der Waals surface area contributed by atoms with Crippen molar-refractivity contribution in [2.45, 2.75) is 32.7 Å². The second-order valence-electron chi connectivity index (χ2n) is 4.05. The van der Waals surface area contributed by atoms with Crippen LogP contribution in [-0.2, 0) is 0 Å². The van der Waals surface area contributed by atoms with E-state index >= 15 is 0 Å². The van der Waals surface area contributed by atoms with Crippen LogP contribution < -0.4 is 5.32 Å². The van der Waals surface area contributed by atoms with Gasteiger partial charge >= 0.3 is 0 Å². The van der Waals surface area contributed by atoms with Crippen LogP contribution in [0.5, 0.6) is 0 Å². The molecule has 1 atom stereocenters. The van der Waals surface area contributed by atoms with Crippen LogP contribution in [0.15, 0.2) is 16.6 Å². The molecular formula is C14H18BrN. The number of rotatable bonds is 4. The van der Waals surface area contributed by atoms with E-state index in [1.54, 1.807) is 0 Å². The number of terminal acetylenes is 1. The van der Waals surface area contributed by atoms with E-state index in [1.807, 2.05) is 7.05 Å². The van der Waals surface area contributed by atoms with Gasteiger partial charge < -0.3 is 5.32 Å². The van der Waals surface area contributed by atoms with E-state index in [4.69, 9.17) is 6.42 Å². The van der Waals surface area contributed by atoms with Gasteiger partial charge in [0.2, 0.25) is 0 Å². The lowest BCUT2D eigenvalue weighted by atomic mass is 9.98. The minimum absolute atomic E-state index is 0.349. The Kier molecular flexibility index (Phi) is 5.05. The van der Waals surface area contributed by atoms with Crippen LogP contribution in [0, 0.1) is 26.2 Å². The summed E-state index contributed by atoms with van der Waals surface area (Å²) in [5.41, 5.74) is 3.86. The van der Waals surface area contributed by atoms with E-state index in [2.05, 4.69) is 53.1 Å². The topological polar surface area (TPSA) is 12.0 Å². The fourth-order valence-electron chi connectivity index (χ4n) is 1.89. The summed E-state index contributed by atoms with van der Waals surface area (Å²) in [7, 11) is 1.98. The van der Waals surface area contributed by atoms with E-state index in [9.17, 15) is 0 Å². The highest BCUT2D eigenvalue weighted by molar-refractivity contribution is 9.10. The average molecular weight is 280 g/mol. The summed E-state index contributed by atoms with van der Waals surface area (Å²) in [6.45, 7) is 4.24. The van der Waals surface area contributed by atoms with Gasteiger partial charge in [0.25, 0.3) is 0 Å². The first-order chi connectivity index (χ1) is 7.60. The summed E-state index contributed by atoms with van der Waals surface area (Å²) < 4.78 is 1.20. The van der Waals surface area contributed by atoms with E-state index in [0.29, 0.717) is 6.04 Å². The van der Waals surface area contributed by atoms with Gasteiger partial charge in [-0.25, -0.2) is 0 Å². The van der Waals surface area contributed by atoms with Crippen molar-refractivity contribution in [1.29, 1.82) is 0 Å². The average Bonchev–Trinajstić information content (AvgIpc) is 2.26. The maximum Gasteiger partial charge on any atom is 0.0326 e. The highest BCUT2D eigenvalue weighted by Crippen LogP contribution is 2.27. The molecule has 86 valence electrons. The van der Waals surface area contributed by atoms with Gasteiger partial charge in [-0.1, -0.05) is 28.1 Å². The Bertz CT molecular complexity index is 381. The van der Waals surface area contributed by atoms with Gasteiger partial charge in [0.05, 0.1) is 0 Å². The number of hydrogen-bond acceptors (Lipinski definition) is 1. The number of nitrogens with one attached hydrogen (secondary N) is 1. The maximum atomic E-state index is 5.31. The van der Waals surface area contributed by atoms with Crippen LogP contribution in [0.25, 0.3) is 0 Å². The third kappa shape index (κ3) is 3.10. The molecule has 0 aliphatic heterocycles. The van der Waals surface area contributed by atoms with Crippen molar-refractivity contribution in [1.82, 2.24) is 5.32 Å². The number of aryl methyl sites for hydroxylation is 2. The van der Waals surface area contributed by atoms with Gasteiger partial charge in [-0.3, -0.25) is 0 Å². The Labute approximate surface area is 107 Å². The number of hydrogen-bond donors (Lipinski definition) is 1. The van der Waals surface area contributed by atoms with Gasteiger partial charge in [-0.05, 0) is 44.0 Å². The SMILES string of the molecule is C#CCCC(NC)c1cc(C)c(Br)c(C)c1. The highest BCUT2D eigenvalue weighted by Gasteiger charge is 2.11. The lowest BCUT2D eigenvalue weighted by Crippen LogP contribution is -2.16. The standard InChI is InChI=1S/C14H18BrN/c1-5-6-7-13(16-4)12-8-10(2)14(15)11(3)9-12/h1,8-9,13,16H,6-7H2,2-4H3. The first kappa shape index (κ1) is 13.3. The van der Waals surface area contributed by atoms with Crippen LogP contribution in [-0.4, -0.2) is 7.05 Å². The fraction of sp³-hybridized carbons (Fsp3) is 0.429. The number of benzene rings is 1. The molecule has 0 aliphatic carbocycles. The summed E-state index contributed by atoms with van der Waals surface area (Å²) in [6, 6.07) is 4.78. The van der Waals surface area contributed by atoms with Crippen molar-refractivity contribution < 1.29 is 0 Å². The molecule has 0 spiro atoms. The predicted octanol–water partition coefficient (Wildman–Crippen LogP) is 3.74. The molecule has 0 bridgehead atoms. The molecule has 1 unspecified atom stereocenters. The van der Waals surface area contributed by atoms with Crippen LogP contribution in [0.3, 0.4) is 0 Å². The molecule has 0 fully saturated rings. The largest absolute Gasteiger partial charge is 0.313 e. The third-order valence-electron chi connectivity index (χ3n) is 2.79. The minimum atomic E-state index is 0.349. The van der Waals surface area contributed by atoms with Crippen molar-refractivity contribution in [3.8, 4) is 12.3 Å². The Hall–Kier alpha value is -0.780. The molecule has 1 rings (SSSR count). The molecule has 0 radical (unpaired) electrons. The zero-order valence-electron chi connectivity index (χ0n) is 10.1. The molecule has 0 saturated carbocycles. The molecule has 0 aliphatic rings. The second-order valence-corrected chi connectivity index (χ2v) is 4.85. The van der Waals surface area contributed by atoms with Crippen molar-refractivity contribution in [2.75, 3.05) is 7.05 Å². The molecule has 1 nitrogen and oxygen atoms in total. The molecule has 0 heterocycles. The summed E-state index contributed by atoms with van der Waals surface area (Å²) in [6.07, 6.45) is 7.09. The van der Waals surface area contributed by atoms with Crippen molar-refractivity contribution in [3.63, 3.8) is 0 Å². The fourth-order valence-corrected chi connectivity index (χ4v) is 2.11. The van der Waals surface area contributed by atoms with Crippen molar-refractivity contribution >= 4 is 15.9 Å². The second kappa shape index (κ2) is 6.08. The van der Waals surface area contributed by atoms with Crippen LogP contribution >= 0.6 is 15.9 Å². The van der Waals surface area contributed by atoms with Crippen molar-refractivity contribution in [3.05, 3.63) is 33.3 Å². The van der Waals surface area contributed by atoms with Gasteiger partial charge in [0, 0.05) is 16.9 Å². The van der Waals surface area contributed by atoms with E-state index in [1.165, 1.54) is 21.2 Å². The molecule has 2 heteroatoms. The molecule has 1 N–H and O–H groups in total. The molecule has 16 heavy (non-hydrogen) atoms. The van der Waals surface area contributed by atoms with Gasteiger partial charge in [0.15, 0.2) is 0 Å². The smallest absolute Gasteiger partial charge is 0.0326 e. The monoisotopic (exact) mass is 279 g/mol. The zero-order valence-corrected chi connectivity index (χ0v) is 11.7. The molecule has 0 saturated heterocycles. The van der Waals surface area contributed by atoms with Crippen LogP contribution in [0.4, 0.5) is 0 Å². The highest BCUT2D eigenvalue weighted by atomic mass is 79.9. The first-order valence-corrected chi connectivity index (χ1v) is 6.26. The molecule has 0 aromatic heterocycles. The molecular weight excluding hydrogens is 262 g/mol. The third-order valence-corrected chi connectivity index (χ3v) is 4.04. The van der Waals surface area contributed by atoms with Crippen LogP contribution in [0.2, 0.25) is 0 Å². The van der Waals surface area contributed by atoms with E-state index in [-0.39, 0.29) is 0 Å². The van der Waals surface area contributed by atoms with E-state index in [0.717, 1.165) is 12.8 Å². The normalized spacial score (nSPS) is 12.2. The number of halogens is 1. The quantitative estimate of drug-likeness (QED) is 0.828. The Balaban J connectivity index is 2.98. The lowest BCUT2D eigenvalue weighted by molar-refractivity contribution is 0.558. The molecule has 0 amide bonds. The van der Waals surface area contributed by atoms with Gasteiger partial charge in [-0.15, -0.1) is 12.3 Å². The van der Waals surface area contributed by atoms with Gasteiger partial charge in [-0.2, -0.15) is 0 Å². The maximum absolute atomic E-state index is 5.31. The Morgan fingerprint density at radius 2 is 1.94 bits per heavy atom. The summed E-state index contributed by atoms with van der Waals surface area (Å²) >= 11 is 3.58. The van der Waals surface area contributed by atoms with E-state index < -0.39 is 0 Å². The molecule has 1 aromatic carbocycles. The van der Waals surface area contributed by atoms with Crippen molar-refractivity contribution in [2.24, 2.45) is 0 Å². The predicted molar refractivity (Wildman–Crippen MR) is 73.5 cm³/mol. The lowest BCUT2D eigenvalue weighted by Gasteiger charge is -2.17. The summed E-state index contributed by atoms with van der Waals surface area (Å²) in [5.74, 6) is 2.69. The van der Waals surface area contributed by atoms with Gasteiger partial charge in [0.1, 0.15) is 0 Å². The summed E-state index contributed by atoms with van der Waals surface area (Å²) in [5, 5.41) is 3.32. The van der Waals surface area contributed by atoms with Crippen LogP contribution in [0.1, 0.15) is 35.6 Å². The zero-order chi connectivity index (χ0) is 12.1. The minimum Gasteiger partial charge on any atom is -0.313 e. The first-order valence-electron chi connectivity index (χ1n) is 5.47. The molecule has 1 aromatic rings. The Morgan fingerprint density at radius 3 is 2.38 bits per heavy atom. The summed E-state index contributed by atoms with van der Waals surface area (Å²) in [4.78, 5) is 0. The Morgan fingerprint density at radius 1 is 1.38 bits per heavy atom.